The molecule has 2 aromatic heterocycles. The van der Waals surface area contributed by atoms with Gasteiger partial charge >= 0.3 is 0 Å². The highest BCUT2D eigenvalue weighted by Crippen LogP contribution is 2.36. The summed E-state index contributed by atoms with van der Waals surface area (Å²) >= 11 is 0. The van der Waals surface area contributed by atoms with Crippen LogP contribution in [0.25, 0.3) is 60.4 Å². The monoisotopic (exact) mass is 422 g/mol. The van der Waals surface area contributed by atoms with E-state index in [2.05, 4.69) is 126 Å². The van der Waals surface area contributed by atoms with Gasteiger partial charge in [0.15, 0.2) is 0 Å². The zero-order valence-corrected chi connectivity index (χ0v) is 18.3. The predicted molar refractivity (Wildman–Crippen MR) is 140 cm³/mol. The number of hydrogen-bond acceptors (Lipinski definition) is 0. The third-order valence-corrected chi connectivity index (χ3v) is 6.78. The number of para-hydroxylation sites is 2. The summed E-state index contributed by atoms with van der Waals surface area (Å²) in [4.78, 5) is 3.53. The highest BCUT2D eigenvalue weighted by atomic mass is 15.0. The third-order valence-electron chi connectivity index (χ3n) is 6.78. The summed E-state index contributed by atoms with van der Waals surface area (Å²) in [5.74, 6) is 0. The Hall–Kier alpha value is -4.30. The second-order valence-corrected chi connectivity index (χ2v) is 8.85. The van der Waals surface area contributed by atoms with Crippen LogP contribution in [0.3, 0.4) is 0 Å². The summed E-state index contributed by atoms with van der Waals surface area (Å²) in [7, 11) is 0. The van der Waals surface area contributed by atoms with Gasteiger partial charge in [-0.3, -0.25) is 0 Å². The molecule has 0 aliphatic rings. The summed E-state index contributed by atoms with van der Waals surface area (Å²) in [5, 5.41) is 5.11. The van der Waals surface area contributed by atoms with Gasteiger partial charge in [-0.05, 0) is 72.1 Å². The molecule has 0 bridgehead atoms. The normalized spacial score (nSPS) is 11.8. The van der Waals surface area contributed by atoms with Crippen LogP contribution in [-0.2, 0) is 0 Å². The Bertz CT molecular complexity index is 1820. The van der Waals surface area contributed by atoms with E-state index in [1.165, 1.54) is 66.0 Å². The molecule has 5 aromatic carbocycles. The van der Waals surface area contributed by atoms with Crippen LogP contribution < -0.4 is 0 Å². The number of aromatic nitrogens is 2. The van der Waals surface area contributed by atoms with Crippen LogP contribution in [0.1, 0.15) is 5.56 Å². The lowest BCUT2D eigenvalue weighted by atomic mass is 10.0. The van der Waals surface area contributed by atoms with Crippen LogP contribution in [0.5, 0.6) is 0 Å². The van der Waals surface area contributed by atoms with Crippen molar-refractivity contribution in [1.29, 1.82) is 0 Å². The van der Waals surface area contributed by atoms with Crippen molar-refractivity contribution >= 4 is 43.6 Å². The van der Waals surface area contributed by atoms with Crippen LogP contribution in [0.2, 0.25) is 0 Å². The van der Waals surface area contributed by atoms with E-state index in [1.807, 2.05) is 0 Å². The zero-order chi connectivity index (χ0) is 21.9. The van der Waals surface area contributed by atoms with Crippen molar-refractivity contribution in [2.45, 2.75) is 6.92 Å². The molecule has 0 aliphatic heterocycles. The highest BCUT2D eigenvalue weighted by Gasteiger charge is 2.14. The molecule has 0 saturated heterocycles. The molecule has 1 N–H and O–H groups in total. The first kappa shape index (κ1) is 18.3. The van der Waals surface area contributed by atoms with E-state index in [-0.39, 0.29) is 0 Å². The molecule has 0 atom stereocenters. The quantitative estimate of drug-likeness (QED) is 0.289. The van der Waals surface area contributed by atoms with E-state index in [9.17, 15) is 0 Å². The van der Waals surface area contributed by atoms with Gasteiger partial charge in [-0.15, -0.1) is 0 Å². The molecular formula is C31H22N2. The largest absolute Gasteiger partial charge is 0.355 e. The van der Waals surface area contributed by atoms with E-state index in [0.717, 1.165) is 0 Å². The van der Waals surface area contributed by atoms with Crippen molar-refractivity contribution in [3.8, 4) is 16.8 Å². The molecule has 7 aromatic rings. The lowest BCUT2D eigenvalue weighted by Gasteiger charge is -2.08. The van der Waals surface area contributed by atoms with Gasteiger partial charge in [-0.1, -0.05) is 60.7 Å². The van der Waals surface area contributed by atoms with Gasteiger partial charge < -0.3 is 9.55 Å². The number of H-pyrrole nitrogens is 1. The van der Waals surface area contributed by atoms with Crippen LogP contribution in [0.15, 0.2) is 109 Å². The molecule has 33 heavy (non-hydrogen) atoms. The Morgan fingerprint density at radius 3 is 2.12 bits per heavy atom. The van der Waals surface area contributed by atoms with Crippen molar-refractivity contribution in [3.63, 3.8) is 0 Å². The molecule has 0 saturated carbocycles. The minimum absolute atomic E-state index is 1.18. The molecular weight excluding hydrogens is 400 g/mol. The molecule has 0 unspecified atom stereocenters. The van der Waals surface area contributed by atoms with Gasteiger partial charge in [0.25, 0.3) is 0 Å². The Labute approximate surface area is 191 Å². The Morgan fingerprint density at radius 2 is 1.24 bits per heavy atom. The molecule has 0 fully saturated rings. The van der Waals surface area contributed by atoms with Crippen molar-refractivity contribution in [3.05, 3.63) is 115 Å². The van der Waals surface area contributed by atoms with Crippen molar-refractivity contribution in [2.24, 2.45) is 0 Å². The number of aromatic amines is 1. The van der Waals surface area contributed by atoms with E-state index in [1.54, 1.807) is 0 Å². The standard InChI is InChI=1S/C31H22N2/c1-20-11-14-25-27-19-22(13-16-30(27)33(31(25)17-20)23-7-3-2-4-8-23)21-12-15-29-26(18-21)24-9-5-6-10-28(24)32-29/h2-19,32H,1H3. The average molecular weight is 423 g/mol. The van der Waals surface area contributed by atoms with E-state index >= 15 is 0 Å². The first-order valence-corrected chi connectivity index (χ1v) is 11.4. The van der Waals surface area contributed by atoms with Crippen LogP contribution in [0, 0.1) is 6.92 Å². The number of rotatable bonds is 2. The minimum atomic E-state index is 1.18. The smallest absolute Gasteiger partial charge is 0.0543 e. The summed E-state index contributed by atoms with van der Waals surface area (Å²) in [5.41, 5.74) is 9.78. The number of benzene rings is 5. The van der Waals surface area contributed by atoms with Crippen LogP contribution >= 0.6 is 0 Å². The maximum Gasteiger partial charge on any atom is 0.0543 e. The second-order valence-electron chi connectivity index (χ2n) is 8.85. The fraction of sp³-hybridized carbons (Fsp3) is 0.0323. The van der Waals surface area contributed by atoms with Gasteiger partial charge in [0, 0.05) is 38.3 Å². The maximum atomic E-state index is 3.53. The topological polar surface area (TPSA) is 20.7 Å². The molecule has 2 heterocycles. The van der Waals surface area contributed by atoms with Crippen LogP contribution in [0.4, 0.5) is 0 Å². The average Bonchev–Trinajstić information content (AvgIpc) is 3.38. The number of fused-ring (bicyclic) bond motifs is 6. The van der Waals surface area contributed by atoms with E-state index in [4.69, 9.17) is 0 Å². The minimum Gasteiger partial charge on any atom is -0.355 e. The zero-order valence-electron chi connectivity index (χ0n) is 18.3. The van der Waals surface area contributed by atoms with E-state index in [0.29, 0.717) is 0 Å². The van der Waals surface area contributed by atoms with Crippen molar-refractivity contribution in [1.82, 2.24) is 9.55 Å². The highest BCUT2D eigenvalue weighted by molar-refractivity contribution is 6.12. The first-order chi connectivity index (χ1) is 16.3. The Kier molecular flexibility index (Phi) is 3.80. The molecule has 0 aliphatic carbocycles. The summed E-state index contributed by atoms with van der Waals surface area (Å²) in [6, 6.07) is 39.5. The Morgan fingerprint density at radius 1 is 0.515 bits per heavy atom. The van der Waals surface area contributed by atoms with Gasteiger partial charge in [0.2, 0.25) is 0 Å². The van der Waals surface area contributed by atoms with Crippen molar-refractivity contribution in [2.75, 3.05) is 0 Å². The molecule has 7 rings (SSSR count). The Balaban J connectivity index is 1.49. The molecule has 156 valence electrons. The molecule has 0 radical (unpaired) electrons. The van der Waals surface area contributed by atoms with Gasteiger partial charge in [-0.25, -0.2) is 0 Å². The number of hydrogen-bond donors (Lipinski definition) is 1. The number of nitrogens with one attached hydrogen (secondary N) is 1. The molecule has 2 heteroatoms. The number of aryl methyl sites for hydroxylation is 1. The lowest BCUT2D eigenvalue weighted by Crippen LogP contribution is -1.93. The first-order valence-electron chi connectivity index (χ1n) is 11.4. The molecule has 0 spiro atoms. The fourth-order valence-electron chi connectivity index (χ4n) is 5.19. The summed E-state index contributed by atoms with van der Waals surface area (Å²) in [6.45, 7) is 2.16. The third kappa shape index (κ3) is 2.74. The van der Waals surface area contributed by atoms with E-state index < -0.39 is 0 Å². The fourth-order valence-corrected chi connectivity index (χ4v) is 5.19. The molecule has 2 nitrogen and oxygen atoms in total. The lowest BCUT2D eigenvalue weighted by molar-refractivity contribution is 1.18. The SMILES string of the molecule is Cc1ccc2c3cc(-c4ccc5[nH]c6ccccc6c5c4)ccc3n(-c3ccccc3)c2c1. The van der Waals surface area contributed by atoms with Gasteiger partial charge in [0.1, 0.15) is 0 Å². The summed E-state index contributed by atoms with van der Waals surface area (Å²) < 4.78 is 2.38. The van der Waals surface area contributed by atoms with Gasteiger partial charge in [0.05, 0.1) is 11.0 Å². The predicted octanol–water partition coefficient (Wildman–Crippen LogP) is 8.39. The van der Waals surface area contributed by atoms with Gasteiger partial charge in [-0.2, -0.15) is 0 Å². The maximum absolute atomic E-state index is 3.53. The number of nitrogens with zero attached hydrogens (tertiary/aromatic N) is 1. The molecule has 0 amide bonds. The van der Waals surface area contributed by atoms with Crippen molar-refractivity contribution < 1.29 is 0 Å². The van der Waals surface area contributed by atoms with Crippen LogP contribution in [-0.4, -0.2) is 9.55 Å². The summed E-state index contributed by atoms with van der Waals surface area (Å²) in [6.07, 6.45) is 0. The second kappa shape index (κ2) is 6.85.